The summed E-state index contributed by atoms with van der Waals surface area (Å²) >= 11 is 1.34. The lowest BCUT2D eigenvalue weighted by atomic mass is 10.3. The van der Waals surface area contributed by atoms with Gasteiger partial charge >= 0.3 is 0 Å². The van der Waals surface area contributed by atoms with Crippen molar-refractivity contribution in [1.82, 2.24) is 19.7 Å². The minimum Gasteiger partial charge on any atom is -0.355 e. The van der Waals surface area contributed by atoms with E-state index in [-0.39, 0.29) is 11.6 Å². The number of aryl methyl sites for hydroxylation is 1. The number of thiophene rings is 1. The van der Waals surface area contributed by atoms with Crippen molar-refractivity contribution in [2.24, 2.45) is 0 Å². The molecule has 4 aromatic heterocycles. The Balaban J connectivity index is 1.36. The zero-order valence-corrected chi connectivity index (χ0v) is 18.2. The second-order valence-electron chi connectivity index (χ2n) is 7.81. The van der Waals surface area contributed by atoms with E-state index in [0.29, 0.717) is 22.3 Å². The Bertz CT molecular complexity index is 1280. The van der Waals surface area contributed by atoms with Crippen molar-refractivity contribution in [3.63, 3.8) is 0 Å². The summed E-state index contributed by atoms with van der Waals surface area (Å²) in [7, 11) is 0. The predicted molar refractivity (Wildman–Crippen MR) is 122 cm³/mol. The van der Waals surface area contributed by atoms with Gasteiger partial charge in [0.05, 0.1) is 16.3 Å². The molecule has 0 saturated carbocycles. The Morgan fingerprint density at radius 1 is 1.29 bits per heavy atom. The molecule has 31 heavy (non-hydrogen) atoms. The summed E-state index contributed by atoms with van der Waals surface area (Å²) in [4.78, 5) is 25.4. The molecule has 5 rings (SSSR count). The molecule has 5 heterocycles. The first-order valence-electron chi connectivity index (χ1n) is 10.4. The third-order valence-corrected chi connectivity index (χ3v) is 6.53. The molecule has 1 aliphatic heterocycles. The first kappa shape index (κ1) is 19.9. The van der Waals surface area contributed by atoms with Gasteiger partial charge in [0.2, 0.25) is 0 Å². The van der Waals surface area contributed by atoms with Crippen molar-refractivity contribution in [3.05, 3.63) is 53.0 Å². The SMILES string of the molecule is CCN[C@@H]1CCN(c2ccc3cc(C(=O)Nc4cc(F)c5nc(C)cn5c4)sc3n2)C1. The zero-order valence-electron chi connectivity index (χ0n) is 17.4. The van der Waals surface area contributed by atoms with Gasteiger partial charge in [-0.15, -0.1) is 11.3 Å². The van der Waals surface area contributed by atoms with Gasteiger partial charge in [-0.1, -0.05) is 6.92 Å². The standard InChI is InChI=1S/C22H23FN6OS/c1-3-24-15-6-7-28(11-15)19-5-4-14-8-18(31-22(14)27-19)21(30)26-16-9-17(23)20-25-13(2)10-29(20)12-16/h4-5,8-10,12,15,24H,3,6-7,11H2,1-2H3,(H,26,30)/t15-/m1/s1. The van der Waals surface area contributed by atoms with Gasteiger partial charge in [-0.25, -0.2) is 14.4 Å². The number of halogens is 1. The van der Waals surface area contributed by atoms with Crippen LogP contribution in [0.3, 0.4) is 0 Å². The molecule has 0 radical (unpaired) electrons. The minimum absolute atomic E-state index is 0.243. The normalized spacial score (nSPS) is 16.5. The third kappa shape index (κ3) is 3.86. The highest BCUT2D eigenvalue weighted by molar-refractivity contribution is 7.20. The second kappa shape index (κ2) is 7.90. The Labute approximate surface area is 182 Å². The number of likely N-dealkylation sites (N-methyl/N-ethyl adjacent to an activating group) is 1. The van der Waals surface area contributed by atoms with E-state index in [1.54, 1.807) is 23.7 Å². The summed E-state index contributed by atoms with van der Waals surface area (Å²) in [6.45, 7) is 6.79. The summed E-state index contributed by atoms with van der Waals surface area (Å²) in [5.41, 5.74) is 1.33. The number of pyridine rings is 2. The molecule has 1 atom stereocenters. The van der Waals surface area contributed by atoms with E-state index >= 15 is 0 Å². The van der Waals surface area contributed by atoms with Crippen LogP contribution < -0.4 is 15.5 Å². The Morgan fingerprint density at radius 2 is 2.16 bits per heavy atom. The summed E-state index contributed by atoms with van der Waals surface area (Å²) in [6, 6.07) is 7.62. The number of nitrogens with one attached hydrogen (secondary N) is 2. The third-order valence-electron chi connectivity index (χ3n) is 5.48. The van der Waals surface area contributed by atoms with Gasteiger partial charge in [-0.3, -0.25) is 4.79 Å². The first-order chi connectivity index (χ1) is 15.0. The van der Waals surface area contributed by atoms with Crippen LogP contribution in [0.15, 0.2) is 36.7 Å². The van der Waals surface area contributed by atoms with E-state index in [9.17, 15) is 9.18 Å². The fourth-order valence-electron chi connectivity index (χ4n) is 4.06. The number of aromatic nitrogens is 3. The van der Waals surface area contributed by atoms with E-state index < -0.39 is 5.82 Å². The summed E-state index contributed by atoms with van der Waals surface area (Å²) in [6.07, 6.45) is 4.48. The smallest absolute Gasteiger partial charge is 0.265 e. The van der Waals surface area contributed by atoms with Crippen LogP contribution in [-0.2, 0) is 0 Å². The quantitative estimate of drug-likeness (QED) is 0.495. The van der Waals surface area contributed by atoms with Gasteiger partial charge in [0.1, 0.15) is 10.6 Å². The molecule has 160 valence electrons. The molecule has 1 aliphatic rings. The second-order valence-corrected chi connectivity index (χ2v) is 8.84. The maximum atomic E-state index is 14.3. The van der Waals surface area contributed by atoms with Gasteiger partial charge in [0, 0.05) is 43.0 Å². The van der Waals surface area contributed by atoms with Crippen molar-refractivity contribution in [3.8, 4) is 0 Å². The molecule has 9 heteroatoms. The minimum atomic E-state index is -0.477. The van der Waals surface area contributed by atoms with Crippen LogP contribution in [-0.4, -0.2) is 46.0 Å². The average molecular weight is 439 g/mol. The van der Waals surface area contributed by atoms with E-state index in [1.807, 2.05) is 18.2 Å². The van der Waals surface area contributed by atoms with Gasteiger partial charge < -0.3 is 19.9 Å². The van der Waals surface area contributed by atoms with Crippen LogP contribution in [0.25, 0.3) is 15.9 Å². The van der Waals surface area contributed by atoms with Crippen molar-refractivity contribution >= 4 is 44.6 Å². The summed E-state index contributed by atoms with van der Waals surface area (Å²) in [5.74, 6) is 0.174. The van der Waals surface area contributed by atoms with Crippen LogP contribution in [0.2, 0.25) is 0 Å². The molecule has 0 unspecified atom stereocenters. The number of fused-ring (bicyclic) bond motifs is 2. The zero-order chi connectivity index (χ0) is 21.5. The fraction of sp³-hybridized carbons (Fsp3) is 0.318. The Hall–Kier alpha value is -3.04. The molecule has 1 saturated heterocycles. The molecule has 1 fully saturated rings. The largest absolute Gasteiger partial charge is 0.355 e. The maximum absolute atomic E-state index is 14.3. The van der Waals surface area contributed by atoms with Gasteiger partial charge in [0.25, 0.3) is 5.91 Å². The maximum Gasteiger partial charge on any atom is 0.265 e. The van der Waals surface area contributed by atoms with Crippen LogP contribution in [0.4, 0.5) is 15.9 Å². The lowest BCUT2D eigenvalue weighted by Gasteiger charge is -2.17. The van der Waals surface area contributed by atoms with Gasteiger partial charge in [0.15, 0.2) is 11.5 Å². The van der Waals surface area contributed by atoms with Crippen molar-refractivity contribution < 1.29 is 9.18 Å². The van der Waals surface area contributed by atoms with Crippen LogP contribution in [0.5, 0.6) is 0 Å². The number of imidazole rings is 1. The molecule has 4 aromatic rings. The van der Waals surface area contributed by atoms with Crippen molar-refractivity contribution in [2.75, 3.05) is 29.9 Å². The van der Waals surface area contributed by atoms with Gasteiger partial charge in [-0.05, 0) is 38.1 Å². The Morgan fingerprint density at radius 3 is 3.00 bits per heavy atom. The van der Waals surface area contributed by atoms with Crippen LogP contribution in [0.1, 0.15) is 28.7 Å². The lowest BCUT2D eigenvalue weighted by molar-refractivity contribution is 0.103. The Kier molecular flexibility index (Phi) is 5.07. The summed E-state index contributed by atoms with van der Waals surface area (Å²) in [5, 5.41) is 7.20. The van der Waals surface area contributed by atoms with E-state index in [4.69, 9.17) is 4.98 Å². The highest BCUT2D eigenvalue weighted by Crippen LogP contribution is 2.29. The molecular formula is C22H23FN6OS. The molecule has 1 amide bonds. The average Bonchev–Trinajstić information content (AvgIpc) is 3.45. The first-order valence-corrected chi connectivity index (χ1v) is 11.2. The number of amides is 1. The lowest BCUT2D eigenvalue weighted by Crippen LogP contribution is -2.32. The number of nitrogens with zero attached hydrogens (tertiary/aromatic N) is 4. The van der Waals surface area contributed by atoms with E-state index in [0.717, 1.165) is 42.1 Å². The molecule has 2 N–H and O–H groups in total. The number of carbonyl (C=O) groups is 1. The molecule has 0 aromatic carbocycles. The molecule has 0 bridgehead atoms. The number of hydrogen-bond donors (Lipinski definition) is 2. The topological polar surface area (TPSA) is 74.6 Å². The molecule has 0 aliphatic carbocycles. The van der Waals surface area contributed by atoms with Crippen LogP contribution >= 0.6 is 11.3 Å². The predicted octanol–water partition coefficient (Wildman–Crippen LogP) is 3.83. The number of anilines is 2. The number of rotatable bonds is 5. The molecule has 7 nitrogen and oxygen atoms in total. The van der Waals surface area contributed by atoms with Crippen LogP contribution in [0, 0.1) is 12.7 Å². The summed E-state index contributed by atoms with van der Waals surface area (Å²) < 4.78 is 15.9. The fourth-order valence-corrected chi connectivity index (χ4v) is 4.98. The van der Waals surface area contributed by atoms with E-state index in [2.05, 4.69) is 27.4 Å². The highest BCUT2D eigenvalue weighted by atomic mass is 32.1. The number of carbonyl (C=O) groups excluding carboxylic acids is 1. The number of hydrogen-bond acceptors (Lipinski definition) is 6. The highest BCUT2D eigenvalue weighted by Gasteiger charge is 2.23. The van der Waals surface area contributed by atoms with E-state index in [1.165, 1.54) is 17.4 Å². The monoisotopic (exact) mass is 438 g/mol. The van der Waals surface area contributed by atoms with Crippen molar-refractivity contribution in [2.45, 2.75) is 26.3 Å². The van der Waals surface area contributed by atoms with Gasteiger partial charge in [-0.2, -0.15) is 0 Å². The molecule has 0 spiro atoms. The molecular weight excluding hydrogens is 415 g/mol. The van der Waals surface area contributed by atoms with Crippen molar-refractivity contribution in [1.29, 1.82) is 0 Å².